The number of urea groups is 1. The Morgan fingerprint density at radius 2 is 1.82 bits per heavy atom. The van der Waals surface area contributed by atoms with Crippen molar-refractivity contribution in [3.8, 4) is 5.75 Å². The van der Waals surface area contributed by atoms with Gasteiger partial charge in [-0.25, -0.2) is 24.2 Å². The second-order valence-electron chi connectivity index (χ2n) is 16.4. The molecule has 2 aromatic carbocycles. The van der Waals surface area contributed by atoms with E-state index in [0.717, 1.165) is 61.4 Å². The topological polar surface area (TPSA) is 116 Å². The number of pyridine rings is 1. The summed E-state index contributed by atoms with van der Waals surface area (Å²) in [6, 6.07) is 18.1. The molecule has 2 N–H and O–H groups in total. The van der Waals surface area contributed by atoms with Crippen molar-refractivity contribution in [2.45, 2.75) is 77.8 Å². The van der Waals surface area contributed by atoms with Crippen molar-refractivity contribution >= 4 is 23.7 Å². The molecule has 5 heterocycles. The van der Waals surface area contributed by atoms with Crippen LogP contribution in [0, 0.1) is 23.6 Å². The SMILES string of the molecule is C=CCN1CC(=O)N2[C@@H](Cc3ccc(O)cc3F)C(=O)N(Cc3cccc(N4CC(N5CC[C@@H](CC(C)C(C)CC)C5)C4)n3)C[C@@H]2N1C(=O)NCc1ccccc1. The van der Waals surface area contributed by atoms with Crippen LogP contribution in [0.1, 0.15) is 56.9 Å². The number of hydrogen-bond donors (Lipinski definition) is 2. The second kappa shape index (κ2) is 17.6. The molecule has 12 nitrogen and oxygen atoms in total. The fraction of sp³-hybridized carbons (Fsp3) is 0.500. The summed E-state index contributed by atoms with van der Waals surface area (Å²) in [5.41, 5.74) is 1.76. The molecule has 4 saturated heterocycles. The number of halogens is 1. The van der Waals surface area contributed by atoms with E-state index in [0.29, 0.717) is 11.7 Å². The van der Waals surface area contributed by atoms with E-state index in [1.807, 2.05) is 48.5 Å². The van der Waals surface area contributed by atoms with Crippen molar-refractivity contribution in [2.75, 3.05) is 50.7 Å². The van der Waals surface area contributed by atoms with Crippen molar-refractivity contribution in [3.63, 3.8) is 0 Å². The number of fused-ring (bicyclic) bond motifs is 1. The quantitative estimate of drug-likeness (QED) is 0.214. The van der Waals surface area contributed by atoms with Crippen LogP contribution >= 0.6 is 0 Å². The van der Waals surface area contributed by atoms with Crippen LogP contribution in [0.4, 0.5) is 15.0 Å². The normalized spacial score (nSPS) is 23.0. The Labute approximate surface area is 335 Å². The maximum absolute atomic E-state index is 15.2. The zero-order chi connectivity index (χ0) is 40.2. The molecule has 7 rings (SSSR count). The molecule has 0 saturated carbocycles. The van der Waals surface area contributed by atoms with Gasteiger partial charge in [0.25, 0.3) is 0 Å². The molecule has 4 aliphatic heterocycles. The van der Waals surface area contributed by atoms with E-state index in [1.165, 1.54) is 41.3 Å². The summed E-state index contributed by atoms with van der Waals surface area (Å²) in [4.78, 5) is 55.6. The van der Waals surface area contributed by atoms with Crippen LogP contribution in [-0.2, 0) is 29.1 Å². The van der Waals surface area contributed by atoms with Crippen LogP contribution in [0.5, 0.6) is 5.75 Å². The number of carbonyl (C=O) groups is 3. The van der Waals surface area contributed by atoms with E-state index in [2.05, 4.69) is 42.5 Å². The number of piperazine rings is 1. The molecule has 57 heavy (non-hydrogen) atoms. The van der Waals surface area contributed by atoms with E-state index in [9.17, 15) is 19.5 Å². The summed E-state index contributed by atoms with van der Waals surface area (Å²) < 4.78 is 15.2. The average molecular weight is 781 g/mol. The fourth-order valence-corrected chi connectivity index (χ4v) is 8.96. The zero-order valence-electron chi connectivity index (χ0n) is 33.5. The first-order chi connectivity index (χ1) is 27.5. The van der Waals surface area contributed by atoms with Gasteiger partial charge in [0.05, 0.1) is 25.3 Å². The Hall–Kier alpha value is -5.01. The zero-order valence-corrected chi connectivity index (χ0v) is 33.5. The Balaban J connectivity index is 1.09. The largest absolute Gasteiger partial charge is 0.508 e. The highest BCUT2D eigenvalue weighted by atomic mass is 19.1. The van der Waals surface area contributed by atoms with Gasteiger partial charge < -0.3 is 25.1 Å². The predicted molar refractivity (Wildman–Crippen MR) is 217 cm³/mol. The Morgan fingerprint density at radius 1 is 1.04 bits per heavy atom. The second-order valence-corrected chi connectivity index (χ2v) is 16.4. The van der Waals surface area contributed by atoms with Crippen LogP contribution in [0.15, 0.2) is 79.4 Å². The van der Waals surface area contributed by atoms with Crippen LogP contribution < -0.4 is 10.2 Å². The first kappa shape index (κ1) is 40.2. The van der Waals surface area contributed by atoms with Gasteiger partial charge >= 0.3 is 6.03 Å². The van der Waals surface area contributed by atoms with Crippen molar-refractivity contribution in [3.05, 3.63) is 102 Å². The number of aromatic hydroxyl groups is 1. The predicted octanol–water partition coefficient (Wildman–Crippen LogP) is 5.25. The lowest BCUT2D eigenvalue weighted by atomic mass is 9.85. The number of carbonyl (C=O) groups excluding carboxylic acids is 3. The van der Waals surface area contributed by atoms with Gasteiger partial charge in [0.15, 0.2) is 0 Å². The Bertz CT molecular complexity index is 1910. The first-order valence-electron chi connectivity index (χ1n) is 20.5. The first-order valence-corrected chi connectivity index (χ1v) is 20.5. The van der Waals surface area contributed by atoms with Crippen molar-refractivity contribution < 1.29 is 23.9 Å². The molecule has 0 radical (unpaired) electrons. The number of nitrogens with zero attached hydrogens (tertiary/aromatic N) is 7. The monoisotopic (exact) mass is 780 g/mol. The molecule has 304 valence electrons. The highest BCUT2D eigenvalue weighted by Crippen LogP contribution is 2.33. The maximum atomic E-state index is 15.2. The number of nitrogens with one attached hydrogen (secondary N) is 1. The fourth-order valence-electron chi connectivity index (χ4n) is 8.96. The van der Waals surface area contributed by atoms with E-state index in [4.69, 9.17) is 4.98 Å². The lowest BCUT2D eigenvalue weighted by Gasteiger charge is -2.55. The number of amides is 4. The van der Waals surface area contributed by atoms with Gasteiger partial charge in [0.1, 0.15) is 29.6 Å². The van der Waals surface area contributed by atoms with Crippen molar-refractivity contribution in [1.29, 1.82) is 0 Å². The molecule has 1 aromatic heterocycles. The van der Waals surface area contributed by atoms with Crippen molar-refractivity contribution in [2.24, 2.45) is 17.8 Å². The van der Waals surface area contributed by atoms with E-state index < -0.39 is 24.1 Å². The number of hydrogen-bond acceptors (Lipinski definition) is 8. The third-order valence-corrected chi connectivity index (χ3v) is 12.6. The van der Waals surface area contributed by atoms with Crippen LogP contribution in [-0.4, -0.2) is 117 Å². The summed E-state index contributed by atoms with van der Waals surface area (Å²) >= 11 is 0. The molecule has 2 unspecified atom stereocenters. The molecule has 0 spiro atoms. The number of rotatable bonds is 14. The van der Waals surface area contributed by atoms with Crippen LogP contribution in [0.2, 0.25) is 0 Å². The summed E-state index contributed by atoms with van der Waals surface area (Å²) in [7, 11) is 0. The molecule has 13 heteroatoms. The number of anilines is 1. The number of benzene rings is 2. The van der Waals surface area contributed by atoms with Gasteiger partial charge in [-0.15, -0.1) is 6.58 Å². The number of phenols is 1. The molecule has 4 fully saturated rings. The summed E-state index contributed by atoms with van der Waals surface area (Å²) in [6.07, 6.45) is 4.38. The summed E-state index contributed by atoms with van der Waals surface area (Å²) in [5, 5.41) is 16.0. The minimum Gasteiger partial charge on any atom is -0.508 e. The smallest absolute Gasteiger partial charge is 0.334 e. The summed E-state index contributed by atoms with van der Waals surface area (Å²) in [5.74, 6) is 1.47. The minimum atomic E-state index is -1.11. The average Bonchev–Trinajstić information content (AvgIpc) is 3.63. The molecule has 5 atom stereocenters. The van der Waals surface area contributed by atoms with Crippen molar-refractivity contribution in [1.82, 2.24) is 35.0 Å². The molecule has 4 aliphatic rings. The number of hydrazine groups is 1. The summed E-state index contributed by atoms with van der Waals surface area (Å²) in [6.45, 7) is 15.5. The Kier molecular flexibility index (Phi) is 12.4. The molecule has 0 bridgehead atoms. The molecular weight excluding hydrogens is 724 g/mol. The van der Waals surface area contributed by atoms with Gasteiger partial charge in [-0.1, -0.05) is 75.7 Å². The molecule has 0 aliphatic carbocycles. The minimum absolute atomic E-state index is 0.0228. The van der Waals surface area contributed by atoms with Gasteiger partial charge in [0, 0.05) is 51.3 Å². The molecule has 3 aromatic rings. The van der Waals surface area contributed by atoms with Crippen LogP contribution in [0.25, 0.3) is 0 Å². The third-order valence-electron chi connectivity index (χ3n) is 12.6. The van der Waals surface area contributed by atoms with Gasteiger partial charge in [-0.3, -0.25) is 14.5 Å². The maximum Gasteiger partial charge on any atom is 0.334 e. The number of phenolic OH excluding ortho intramolecular Hbond substituents is 1. The standard InChI is InChI=1S/C44H57FN8O4/c1-5-18-51-29-42(55)52-39(21-34-15-16-37(54)22-38(34)45)43(56)50(28-41(52)53(51)44(57)46-23-32-11-8-7-9-12-32)25-35-13-10-14-40(47-35)49-26-36(27-49)48-19-17-33(24-48)20-31(4)30(3)6-2/h5,7-16,22,30-31,33,36,39,41,54H,1,6,17-21,23-29H2,2-4H3,(H,46,57)/t30?,31?,33-,39-,41-/m0/s1. The van der Waals surface area contributed by atoms with Crippen LogP contribution in [0.3, 0.4) is 0 Å². The highest BCUT2D eigenvalue weighted by Gasteiger charge is 2.51. The number of aromatic nitrogens is 1. The lowest BCUT2D eigenvalue weighted by Crippen LogP contribution is -2.76. The number of likely N-dealkylation sites (tertiary alicyclic amines) is 1. The van der Waals surface area contributed by atoms with E-state index in [1.54, 1.807) is 16.0 Å². The van der Waals surface area contributed by atoms with E-state index in [-0.39, 0.29) is 62.3 Å². The molecular formula is C44H57FN8O4. The van der Waals surface area contributed by atoms with Gasteiger partial charge in [-0.05, 0) is 66.5 Å². The molecule has 4 amide bonds. The van der Waals surface area contributed by atoms with Gasteiger partial charge in [0.2, 0.25) is 11.8 Å². The van der Waals surface area contributed by atoms with E-state index >= 15 is 4.39 Å². The third kappa shape index (κ3) is 8.94. The lowest BCUT2D eigenvalue weighted by molar-refractivity contribution is -0.189. The highest BCUT2D eigenvalue weighted by molar-refractivity contribution is 5.91. The Morgan fingerprint density at radius 3 is 2.56 bits per heavy atom. The van der Waals surface area contributed by atoms with Gasteiger partial charge in [-0.2, -0.15) is 0 Å².